The number of carbonyl (C=O) groups is 3. The Balaban J connectivity index is 1.40. The number of rotatable bonds is 7. The van der Waals surface area contributed by atoms with Crippen LogP contribution in [0.25, 0.3) is 5.65 Å². The number of carbonyl (C=O) groups excluding carboxylic acids is 3. The fourth-order valence-electron chi connectivity index (χ4n) is 4.63. The summed E-state index contributed by atoms with van der Waals surface area (Å²) in [4.78, 5) is 62.6. The monoisotopic (exact) mass is 570 g/mol. The Morgan fingerprint density at radius 3 is 2.50 bits per heavy atom. The summed E-state index contributed by atoms with van der Waals surface area (Å²) in [6.07, 6.45) is 2.51. The van der Waals surface area contributed by atoms with Crippen LogP contribution >= 0.6 is 0 Å². The number of anilines is 2. The summed E-state index contributed by atoms with van der Waals surface area (Å²) in [6.45, 7) is -0.455. The molecule has 4 aromatic heterocycles. The molecule has 5 aromatic rings. The van der Waals surface area contributed by atoms with Gasteiger partial charge >= 0.3 is 0 Å². The van der Waals surface area contributed by atoms with E-state index in [-0.39, 0.29) is 47.2 Å². The maximum absolute atomic E-state index is 14.1. The van der Waals surface area contributed by atoms with Crippen molar-refractivity contribution in [3.8, 4) is 0 Å². The average Bonchev–Trinajstić information content (AvgIpc) is 3.57. The highest BCUT2D eigenvalue weighted by Gasteiger charge is 2.35. The first-order valence-corrected chi connectivity index (χ1v) is 12.6. The lowest BCUT2D eigenvalue weighted by molar-refractivity contribution is -0.116. The molecule has 0 saturated carbocycles. The molecule has 1 aliphatic heterocycles. The third-order valence-electron chi connectivity index (χ3n) is 6.54. The van der Waals surface area contributed by atoms with Crippen LogP contribution in [0.4, 0.5) is 20.3 Å². The van der Waals surface area contributed by atoms with Crippen molar-refractivity contribution in [3.05, 3.63) is 118 Å². The molecule has 0 aliphatic carbocycles. The van der Waals surface area contributed by atoms with Gasteiger partial charge in [0.05, 0.1) is 36.2 Å². The van der Waals surface area contributed by atoms with Crippen LogP contribution in [-0.4, -0.2) is 46.8 Å². The molecule has 14 heteroatoms. The van der Waals surface area contributed by atoms with Gasteiger partial charge in [-0.3, -0.25) is 24.2 Å². The van der Waals surface area contributed by atoms with Crippen LogP contribution in [0.3, 0.4) is 0 Å². The molecule has 0 radical (unpaired) electrons. The van der Waals surface area contributed by atoms with Crippen molar-refractivity contribution in [2.75, 3.05) is 10.6 Å². The summed E-state index contributed by atoms with van der Waals surface area (Å²) >= 11 is 0. The van der Waals surface area contributed by atoms with Crippen molar-refractivity contribution in [3.63, 3.8) is 0 Å². The van der Waals surface area contributed by atoms with Crippen LogP contribution in [0, 0.1) is 11.6 Å². The first-order chi connectivity index (χ1) is 20.3. The minimum atomic E-state index is -0.807. The second-order valence-corrected chi connectivity index (χ2v) is 9.34. The third kappa shape index (κ3) is 4.96. The molecular weight excluding hydrogens is 550 g/mol. The Kier molecular flexibility index (Phi) is 6.70. The highest BCUT2D eigenvalue weighted by molar-refractivity contribution is 6.04. The summed E-state index contributed by atoms with van der Waals surface area (Å²) in [5.41, 5.74) is -0.400. The van der Waals surface area contributed by atoms with Crippen LogP contribution < -0.4 is 16.2 Å². The molecular formula is C28H20F2N8O4. The summed E-state index contributed by atoms with van der Waals surface area (Å²) in [7, 11) is 0. The summed E-state index contributed by atoms with van der Waals surface area (Å²) in [6, 6.07) is 14.4. The molecule has 12 nitrogen and oxygen atoms in total. The zero-order chi connectivity index (χ0) is 29.4. The first-order valence-electron chi connectivity index (χ1n) is 12.6. The second-order valence-electron chi connectivity index (χ2n) is 9.34. The van der Waals surface area contributed by atoms with E-state index in [0.717, 1.165) is 16.8 Å². The van der Waals surface area contributed by atoms with E-state index in [4.69, 9.17) is 0 Å². The largest absolute Gasteiger partial charge is 0.327 e. The number of halogens is 2. The van der Waals surface area contributed by atoms with Gasteiger partial charge in [-0.15, -0.1) is 0 Å². The van der Waals surface area contributed by atoms with Gasteiger partial charge in [-0.05, 0) is 36.4 Å². The first kappa shape index (κ1) is 26.4. The molecule has 0 fully saturated rings. The lowest BCUT2D eigenvalue weighted by Gasteiger charge is -2.16. The lowest BCUT2D eigenvalue weighted by Crippen LogP contribution is -2.30. The number of benzene rings is 1. The van der Waals surface area contributed by atoms with E-state index >= 15 is 0 Å². The molecule has 3 amide bonds. The van der Waals surface area contributed by atoms with Gasteiger partial charge in [0.15, 0.2) is 5.69 Å². The average molecular weight is 571 g/mol. The number of para-hydroxylation sites is 1. The maximum Gasteiger partial charge on any atom is 0.280 e. The van der Waals surface area contributed by atoms with E-state index in [2.05, 4.69) is 25.7 Å². The molecule has 2 N–H and O–H groups in total. The van der Waals surface area contributed by atoms with Gasteiger partial charge in [0.2, 0.25) is 5.91 Å². The fraction of sp³-hybridized carbons (Fsp3) is 0.107. The number of pyridine rings is 2. The summed E-state index contributed by atoms with van der Waals surface area (Å²) < 4.78 is 29.6. The molecule has 0 spiro atoms. The molecule has 6 rings (SSSR count). The molecule has 42 heavy (non-hydrogen) atoms. The zero-order valence-corrected chi connectivity index (χ0v) is 21.6. The highest BCUT2D eigenvalue weighted by Crippen LogP contribution is 2.24. The van der Waals surface area contributed by atoms with Crippen molar-refractivity contribution < 1.29 is 23.2 Å². The van der Waals surface area contributed by atoms with E-state index in [1.165, 1.54) is 45.9 Å². The predicted molar refractivity (Wildman–Crippen MR) is 144 cm³/mol. The van der Waals surface area contributed by atoms with Gasteiger partial charge in [-0.25, -0.2) is 13.8 Å². The molecule has 0 atom stereocenters. The molecule has 0 saturated heterocycles. The zero-order valence-electron chi connectivity index (χ0n) is 21.6. The summed E-state index contributed by atoms with van der Waals surface area (Å²) in [5, 5.41) is 9.06. The number of nitrogens with zero attached hydrogens (tertiary/aromatic N) is 6. The van der Waals surface area contributed by atoms with Crippen molar-refractivity contribution in [1.29, 1.82) is 0 Å². The van der Waals surface area contributed by atoms with E-state index in [1.54, 1.807) is 24.4 Å². The van der Waals surface area contributed by atoms with Gasteiger partial charge < -0.3 is 20.1 Å². The van der Waals surface area contributed by atoms with Gasteiger partial charge in [0.25, 0.3) is 17.4 Å². The van der Waals surface area contributed by atoms with Crippen molar-refractivity contribution in [2.24, 2.45) is 0 Å². The standard InChI is InChI=1S/C28H20F2N8O4/c29-16-8-9-22(32-12-16)34-23(39)15-37-24-11-21(26(40)33-20-7-2-1-6-19(20)30)35-38(24)27(41)18-14-36(28(42)25(18)37)13-17-5-3-4-10-31-17/h1-12H,13-15H2,(H,33,40)(H,32,34,39). The normalized spacial score (nSPS) is 12.4. The maximum atomic E-state index is 14.1. The Bertz CT molecular complexity index is 1920. The van der Waals surface area contributed by atoms with Crippen LogP contribution in [-0.2, 0) is 24.4 Å². The Morgan fingerprint density at radius 1 is 0.952 bits per heavy atom. The van der Waals surface area contributed by atoms with Gasteiger partial charge in [-0.1, -0.05) is 18.2 Å². The molecule has 5 heterocycles. The molecule has 0 unspecified atom stereocenters. The van der Waals surface area contributed by atoms with Crippen molar-refractivity contribution in [2.45, 2.75) is 19.6 Å². The van der Waals surface area contributed by atoms with Gasteiger partial charge in [0, 0.05) is 12.3 Å². The van der Waals surface area contributed by atoms with E-state index in [1.807, 2.05) is 0 Å². The SMILES string of the molecule is O=C(Cn1c2c(c(=O)n3nc(C(=O)Nc4ccccc4F)cc13)CN(Cc1ccccn1)C2=O)Nc1ccc(F)cn1. The van der Waals surface area contributed by atoms with Crippen molar-refractivity contribution in [1.82, 2.24) is 29.0 Å². The van der Waals surface area contributed by atoms with E-state index in [0.29, 0.717) is 5.69 Å². The second kappa shape index (κ2) is 10.6. The van der Waals surface area contributed by atoms with Crippen LogP contribution in [0.1, 0.15) is 32.2 Å². The Labute approximate surface area is 235 Å². The minimum Gasteiger partial charge on any atom is -0.327 e. The van der Waals surface area contributed by atoms with Gasteiger partial charge in [0.1, 0.15) is 35.3 Å². The number of nitrogens with one attached hydrogen (secondary N) is 2. The fourth-order valence-corrected chi connectivity index (χ4v) is 4.63. The molecule has 0 bridgehead atoms. The Hall–Kier alpha value is -5.79. The van der Waals surface area contributed by atoms with Crippen LogP contribution in [0.5, 0.6) is 0 Å². The van der Waals surface area contributed by atoms with E-state index in [9.17, 15) is 28.0 Å². The molecule has 210 valence electrons. The minimum absolute atomic E-state index is 0.0207. The number of fused-ring (bicyclic) bond motifs is 2. The quantitative estimate of drug-likeness (QED) is 0.306. The summed E-state index contributed by atoms with van der Waals surface area (Å²) in [5.74, 6) is -3.17. The molecule has 1 aliphatic rings. The highest BCUT2D eigenvalue weighted by atomic mass is 19.1. The van der Waals surface area contributed by atoms with Crippen LogP contribution in [0.15, 0.2) is 77.9 Å². The number of hydrogen-bond donors (Lipinski definition) is 2. The number of aromatic nitrogens is 5. The van der Waals surface area contributed by atoms with Crippen LogP contribution in [0.2, 0.25) is 0 Å². The topological polar surface area (TPSA) is 144 Å². The number of amides is 3. The van der Waals surface area contributed by atoms with Gasteiger partial charge in [-0.2, -0.15) is 9.61 Å². The molecule has 1 aromatic carbocycles. The Morgan fingerprint density at radius 2 is 1.76 bits per heavy atom. The predicted octanol–water partition coefficient (Wildman–Crippen LogP) is 2.61. The van der Waals surface area contributed by atoms with E-state index < -0.39 is 41.5 Å². The lowest BCUT2D eigenvalue weighted by atomic mass is 10.2. The third-order valence-corrected chi connectivity index (χ3v) is 6.54. The smallest absolute Gasteiger partial charge is 0.280 e. The van der Waals surface area contributed by atoms with Crippen molar-refractivity contribution >= 4 is 34.9 Å². The number of hydrogen-bond acceptors (Lipinski definition) is 7.